The summed E-state index contributed by atoms with van der Waals surface area (Å²) in [4.78, 5) is 12.6. The number of rotatable bonds is 3. The molecule has 0 aromatic heterocycles. The lowest BCUT2D eigenvalue weighted by Gasteiger charge is -2.11. The molecule has 0 saturated heterocycles. The Morgan fingerprint density at radius 2 is 1.68 bits per heavy atom. The predicted octanol–water partition coefficient (Wildman–Crippen LogP) is 5.18. The SMILES string of the molecule is CCc1ccc(NC(=S)NC(=O)c2cccc3c(Cl)cccc23)cc1. The normalized spacial score (nSPS) is 10.5. The van der Waals surface area contributed by atoms with Gasteiger partial charge in [0.2, 0.25) is 0 Å². The third kappa shape index (κ3) is 3.98. The zero-order valence-corrected chi connectivity index (χ0v) is 15.2. The van der Waals surface area contributed by atoms with Crippen molar-refractivity contribution in [3.05, 3.63) is 76.8 Å². The molecule has 0 unspecified atom stereocenters. The lowest BCUT2D eigenvalue weighted by molar-refractivity contribution is 0.0979. The molecule has 2 N–H and O–H groups in total. The molecule has 25 heavy (non-hydrogen) atoms. The summed E-state index contributed by atoms with van der Waals surface area (Å²) in [5.74, 6) is -0.268. The van der Waals surface area contributed by atoms with Crippen molar-refractivity contribution in [1.29, 1.82) is 0 Å². The molecule has 0 atom stereocenters. The largest absolute Gasteiger partial charge is 0.332 e. The number of hydrogen-bond donors (Lipinski definition) is 2. The maximum Gasteiger partial charge on any atom is 0.258 e. The topological polar surface area (TPSA) is 41.1 Å². The maximum atomic E-state index is 12.6. The van der Waals surface area contributed by atoms with E-state index in [1.807, 2.05) is 48.5 Å². The predicted molar refractivity (Wildman–Crippen MR) is 108 cm³/mol. The average molecular weight is 369 g/mol. The molecule has 0 saturated carbocycles. The van der Waals surface area contributed by atoms with Gasteiger partial charge in [-0.25, -0.2) is 0 Å². The summed E-state index contributed by atoms with van der Waals surface area (Å²) >= 11 is 11.5. The summed E-state index contributed by atoms with van der Waals surface area (Å²) in [7, 11) is 0. The summed E-state index contributed by atoms with van der Waals surface area (Å²) in [6.45, 7) is 2.10. The molecule has 0 heterocycles. The number of halogens is 1. The zero-order chi connectivity index (χ0) is 17.8. The molecule has 5 heteroatoms. The summed E-state index contributed by atoms with van der Waals surface area (Å²) < 4.78 is 0. The van der Waals surface area contributed by atoms with Crippen LogP contribution in [-0.4, -0.2) is 11.0 Å². The van der Waals surface area contributed by atoms with Gasteiger partial charge in [-0.05, 0) is 53.9 Å². The average Bonchev–Trinajstić information content (AvgIpc) is 2.62. The van der Waals surface area contributed by atoms with Crippen molar-refractivity contribution in [2.75, 3.05) is 5.32 Å². The Morgan fingerprint density at radius 3 is 2.40 bits per heavy atom. The van der Waals surface area contributed by atoms with E-state index in [1.54, 1.807) is 12.1 Å². The molecule has 1 amide bonds. The van der Waals surface area contributed by atoms with Crippen LogP contribution in [0.3, 0.4) is 0 Å². The van der Waals surface area contributed by atoms with Gasteiger partial charge in [0, 0.05) is 21.7 Å². The molecule has 0 aliphatic rings. The fourth-order valence-corrected chi connectivity index (χ4v) is 3.07. The Balaban J connectivity index is 1.75. The lowest BCUT2D eigenvalue weighted by Crippen LogP contribution is -2.34. The van der Waals surface area contributed by atoms with E-state index in [0.717, 1.165) is 22.9 Å². The number of fused-ring (bicyclic) bond motifs is 1. The summed E-state index contributed by atoms with van der Waals surface area (Å²) in [6.07, 6.45) is 0.977. The second kappa shape index (κ2) is 7.64. The Bertz CT molecular complexity index is 938. The number of benzene rings is 3. The summed E-state index contributed by atoms with van der Waals surface area (Å²) in [6, 6.07) is 18.9. The van der Waals surface area contributed by atoms with Crippen molar-refractivity contribution in [3.8, 4) is 0 Å². The van der Waals surface area contributed by atoms with Crippen LogP contribution in [0.15, 0.2) is 60.7 Å². The van der Waals surface area contributed by atoms with E-state index in [2.05, 4.69) is 17.6 Å². The highest BCUT2D eigenvalue weighted by molar-refractivity contribution is 7.80. The van der Waals surface area contributed by atoms with E-state index in [4.69, 9.17) is 23.8 Å². The highest BCUT2D eigenvalue weighted by atomic mass is 35.5. The highest BCUT2D eigenvalue weighted by Gasteiger charge is 2.12. The van der Waals surface area contributed by atoms with Crippen LogP contribution in [0.1, 0.15) is 22.8 Å². The van der Waals surface area contributed by atoms with Gasteiger partial charge in [0.05, 0.1) is 0 Å². The number of thiocarbonyl (C=S) groups is 1. The van der Waals surface area contributed by atoms with Crippen LogP contribution in [0.2, 0.25) is 5.02 Å². The lowest BCUT2D eigenvalue weighted by atomic mass is 10.0. The molecule has 126 valence electrons. The van der Waals surface area contributed by atoms with Crippen molar-refractivity contribution in [2.24, 2.45) is 0 Å². The highest BCUT2D eigenvalue weighted by Crippen LogP contribution is 2.25. The van der Waals surface area contributed by atoms with Crippen LogP contribution in [-0.2, 0) is 6.42 Å². The Labute approximate surface area is 157 Å². The van der Waals surface area contributed by atoms with Crippen LogP contribution in [0.5, 0.6) is 0 Å². The van der Waals surface area contributed by atoms with Gasteiger partial charge in [0.25, 0.3) is 5.91 Å². The van der Waals surface area contributed by atoms with E-state index in [9.17, 15) is 4.79 Å². The monoisotopic (exact) mass is 368 g/mol. The minimum atomic E-state index is -0.268. The number of carbonyl (C=O) groups is 1. The summed E-state index contributed by atoms with van der Waals surface area (Å²) in [5, 5.41) is 8.26. The van der Waals surface area contributed by atoms with E-state index in [0.29, 0.717) is 10.6 Å². The molecular formula is C20H17ClN2OS. The van der Waals surface area contributed by atoms with Crippen LogP contribution in [0, 0.1) is 0 Å². The number of amides is 1. The third-order valence-electron chi connectivity index (χ3n) is 3.96. The molecular weight excluding hydrogens is 352 g/mol. The number of hydrogen-bond acceptors (Lipinski definition) is 2. The van der Waals surface area contributed by atoms with E-state index in [-0.39, 0.29) is 11.0 Å². The zero-order valence-electron chi connectivity index (χ0n) is 13.7. The number of aryl methyl sites for hydroxylation is 1. The van der Waals surface area contributed by atoms with Gasteiger partial charge >= 0.3 is 0 Å². The second-order valence-electron chi connectivity index (χ2n) is 5.60. The Morgan fingerprint density at radius 1 is 1.00 bits per heavy atom. The van der Waals surface area contributed by atoms with Crippen molar-refractivity contribution >= 4 is 51.3 Å². The quantitative estimate of drug-likeness (QED) is 0.625. The number of nitrogens with one attached hydrogen (secondary N) is 2. The second-order valence-corrected chi connectivity index (χ2v) is 6.41. The van der Waals surface area contributed by atoms with Crippen LogP contribution in [0.4, 0.5) is 5.69 Å². The minimum absolute atomic E-state index is 0.258. The van der Waals surface area contributed by atoms with Crippen LogP contribution >= 0.6 is 23.8 Å². The first-order valence-corrected chi connectivity index (χ1v) is 8.75. The van der Waals surface area contributed by atoms with Gasteiger partial charge in [-0.3, -0.25) is 10.1 Å². The van der Waals surface area contributed by atoms with Crippen molar-refractivity contribution < 1.29 is 4.79 Å². The fourth-order valence-electron chi connectivity index (χ4n) is 2.63. The van der Waals surface area contributed by atoms with Crippen molar-refractivity contribution in [2.45, 2.75) is 13.3 Å². The number of anilines is 1. The Hall–Kier alpha value is -2.43. The minimum Gasteiger partial charge on any atom is -0.332 e. The van der Waals surface area contributed by atoms with E-state index >= 15 is 0 Å². The van der Waals surface area contributed by atoms with Crippen molar-refractivity contribution in [1.82, 2.24) is 5.32 Å². The first-order chi connectivity index (χ1) is 12.1. The molecule has 0 aliphatic heterocycles. The molecule has 0 bridgehead atoms. The van der Waals surface area contributed by atoms with Gasteiger partial charge in [-0.1, -0.05) is 54.9 Å². The molecule has 0 radical (unpaired) electrons. The van der Waals surface area contributed by atoms with Crippen molar-refractivity contribution in [3.63, 3.8) is 0 Å². The maximum absolute atomic E-state index is 12.6. The molecule has 3 rings (SSSR count). The van der Waals surface area contributed by atoms with Crippen LogP contribution in [0.25, 0.3) is 10.8 Å². The standard InChI is InChI=1S/C20H17ClN2OS/c1-2-13-9-11-14(12-10-13)22-20(25)23-19(24)17-7-3-6-16-15(17)5-4-8-18(16)21/h3-12H,2H2,1H3,(H2,22,23,24,25). The van der Waals surface area contributed by atoms with E-state index in [1.165, 1.54) is 5.56 Å². The molecule has 0 spiro atoms. The molecule has 3 aromatic carbocycles. The molecule has 0 aliphatic carbocycles. The Kier molecular flexibility index (Phi) is 5.31. The first kappa shape index (κ1) is 17.4. The molecule has 3 nitrogen and oxygen atoms in total. The van der Waals surface area contributed by atoms with E-state index < -0.39 is 0 Å². The van der Waals surface area contributed by atoms with Gasteiger partial charge in [0.1, 0.15) is 0 Å². The number of carbonyl (C=O) groups excluding carboxylic acids is 1. The van der Waals surface area contributed by atoms with Gasteiger partial charge in [0.15, 0.2) is 5.11 Å². The smallest absolute Gasteiger partial charge is 0.258 e. The van der Waals surface area contributed by atoms with Crippen LogP contribution < -0.4 is 10.6 Å². The molecule has 3 aromatic rings. The van der Waals surface area contributed by atoms with Gasteiger partial charge in [-0.2, -0.15) is 0 Å². The fraction of sp³-hybridized carbons (Fsp3) is 0.100. The molecule has 0 fully saturated rings. The van der Waals surface area contributed by atoms with Gasteiger partial charge in [-0.15, -0.1) is 0 Å². The summed E-state index contributed by atoms with van der Waals surface area (Å²) in [5.41, 5.74) is 2.61. The third-order valence-corrected chi connectivity index (χ3v) is 4.49. The van der Waals surface area contributed by atoms with Gasteiger partial charge < -0.3 is 5.32 Å². The first-order valence-electron chi connectivity index (χ1n) is 7.97.